The van der Waals surface area contributed by atoms with E-state index in [1.165, 1.54) is 11.3 Å². The Hall–Kier alpha value is -2.65. The van der Waals surface area contributed by atoms with Gasteiger partial charge in [0.1, 0.15) is 22.1 Å². The SMILES string of the molecule is Cn1ccnc1COC[C@H]1CCCN(c2ccnc3sc(C(N)=O)c(N)c23)C1. The van der Waals surface area contributed by atoms with Crippen LogP contribution in [-0.4, -0.2) is 40.1 Å². The summed E-state index contributed by atoms with van der Waals surface area (Å²) in [5.74, 6) is 0.840. The summed E-state index contributed by atoms with van der Waals surface area (Å²) in [6.07, 6.45) is 7.66. The molecule has 8 nitrogen and oxygen atoms in total. The molecule has 4 rings (SSSR count). The first kappa shape index (κ1) is 18.7. The molecule has 3 aromatic rings. The first-order chi connectivity index (χ1) is 13.5. The van der Waals surface area contributed by atoms with E-state index in [1.807, 2.05) is 23.9 Å². The Morgan fingerprint density at radius 3 is 3.00 bits per heavy atom. The molecule has 0 aromatic carbocycles. The third-order valence-corrected chi connectivity index (χ3v) is 6.32. The Bertz CT molecular complexity index is 998. The van der Waals surface area contributed by atoms with Crippen molar-refractivity contribution >= 4 is 38.8 Å². The van der Waals surface area contributed by atoms with Crippen LogP contribution in [0.1, 0.15) is 28.3 Å². The lowest BCUT2D eigenvalue weighted by Gasteiger charge is -2.34. The maximum atomic E-state index is 11.7. The van der Waals surface area contributed by atoms with Crippen molar-refractivity contribution in [2.75, 3.05) is 30.3 Å². The predicted octanol–water partition coefficient (Wildman–Crippen LogP) is 2.14. The number of piperidine rings is 1. The molecule has 0 radical (unpaired) electrons. The lowest BCUT2D eigenvalue weighted by Crippen LogP contribution is -2.37. The number of hydrogen-bond acceptors (Lipinski definition) is 7. The number of primary amides is 1. The third kappa shape index (κ3) is 3.55. The fourth-order valence-electron chi connectivity index (χ4n) is 3.75. The standard InChI is InChI=1S/C19H24N6O2S/c1-24-8-6-22-14(24)11-27-10-12-3-2-7-25(9-12)13-4-5-23-19-15(13)16(20)17(28-19)18(21)26/h4-6,8,12H,2-3,7,9-11,20H2,1H3,(H2,21,26)/t12-/m0/s1. The van der Waals surface area contributed by atoms with E-state index in [0.29, 0.717) is 29.7 Å². The van der Waals surface area contributed by atoms with Crippen molar-refractivity contribution in [3.05, 3.63) is 35.4 Å². The highest BCUT2D eigenvalue weighted by Gasteiger charge is 2.25. The van der Waals surface area contributed by atoms with Crippen molar-refractivity contribution < 1.29 is 9.53 Å². The molecule has 1 fully saturated rings. The van der Waals surface area contributed by atoms with Crippen LogP contribution in [0.25, 0.3) is 10.2 Å². The zero-order valence-corrected chi connectivity index (χ0v) is 16.6. The highest BCUT2D eigenvalue weighted by atomic mass is 32.1. The topological polar surface area (TPSA) is 112 Å². The van der Waals surface area contributed by atoms with E-state index in [2.05, 4.69) is 14.9 Å². The number of anilines is 2. The molecule has 9 heteroatoms. The number of carbonyl (C=O) groups is 1. The van der Waals surface area contributed by atoms with Crippen LogP contribution in [0.3, 0.4) is 0 Å². The monoisotopic (exact) mass is 400 g/mol. The summed E-state index contributed by atoms with van der Waals surface area (Å²) < 4.78 is 7.89. The van der Waals surface area contributed by atoms with Gasteiger partial charge in [-0.2, -0.15) is 0 Å². The van der Waals surface area contributed by atoms with Gasteiger partial charge in [0.15, 0.2) is 0 Å². The molecule has 1 aliphatic rings. The van der Waals surface area contributed by atoms with Crippen LogP contribution in [0.5, 0.6) is 0 Å². The highest BCUT2D eigenvalue weighted by Crippen LogP contribution is 2.39. The molecule has 1 aliphatic heterocycles. The van der Waals surface area contributed by atoms with Gasteiger partial charge < -0.3 is 25.7 Å². The number of aryl methyl sites for hydroxylation is 1. The number of ether oxygens (including phenoxy) is 1. The minimum Gasteiger partial charge on any atom is -0.397 e. The van der Waals surface area contributed by atoms with Crippen LogP contribution in [0, 0.1) is 5.92 Å². The highest BCUT2D eigenvalue weighted by molar-refractivity contribution is 7.21. The van der Waals surface area contributed by atoms with Crippen molar-refractivity contribution in [1.82, 2.24) is 14.5 Å². The number of nitrogens with two attached hydrogens (primary N) is 2. The van der Waals surface area contributed by atoms with Crippen molar-refractivity contribution in [2.24, 2.45) is 18.7 Å². The summed E-state index contributed by atoms with van der Waals surface area (Å²) >= 11 is 1.25. The molecular formula is C19H24N6O2S. The number of nitrogen functional groups attached to an aromatic ring is 1. The molecule has 4 heterocycles. The molecule has 1 saturated heterocycles. The quantitative estimate of drug-likeness (QED) is 0.656. The average Bonchev–Trinajstić information content (AvgIpc) is 3.25. The first-order valence-electron chi connectivity index (χ1n) is 9.30. The number of fused-ring (bicyclic) bond motifs is 1. The first-order valence-corrected chi connectivity index (χ1v) is 10.1. The number of imidazole rings is 1. The van der Waals surface area contributed by atoms with Crippen LogP contribution in [0.2, 0.25) is 0 Å². The van der Waals surface area contributed by atoms with E-state index < -0.39 is 5.91 Å². The van der Waals surface area contributed by atoms with Crippen LogP contribution < -0.4 is 16.4 Å². The molecular weight excluding hydrogens is 376 g/mol. The van der Waals surface area contributed by atoms with Gasteiger partial charge in [-0.25, -0.2) is 9.97 Å². The summed E-state index contributed by atoms with van der Waals surface area (Å²) in [6, 6.07) is 1.97. The second-order valence-electron chi connectivity index (χ2n) is 7.14. The van der Waals surface area contributed by atoms with Gasteiger partial charge in [0.05, 0.1) is 23.4 Å². The molecule has 0 aliphatic carbocycles. The molecule has 0 bridgehead atoms. The fraction of sp³-hybridized carbons (Fsp3) is 0.421. The number of thiophene rings is 1. The van der Waals surface area contributed by atoms with E-state index in [-0.39, 0.29) is 0 Å². The second kappa shape index (κ2) is 7.76. The Kier molecular flexibility index (Phi) is 5.19. The van der Waals surface area contributed by atoms with E-state index >= 15 is 0 Å². The Labute approximate surface area is 167 Å². The third-order valence-electron chi connectivity index (χ3n) is 5.20. The summed E-state index contributed by atoms with van der Waals surface area (Å²) in [7, 11) is 1.97. The van der Waals surface area contributed by atoms with Gasteiger partial charge in [-0.15, -0.1) is 11.3 Å². The van der Waals surface area contributed by atoms with Gasteiger partial charge in [-0.05, 0) is 24.8 Å². The predicted molar refractivity (Wildman–Crippen MR) is 110 cm³/mol. The normalized spacial score (nSPS) is 17.3. The summed E-state index contributed by atoms with van der Waals surface area (Å²) in [5.41, 5.74) is 13.1. The van der Waals surface area contributed by atoms with Crippen LogP contribution >= 0.6 is 11.3 Å². The Morgan fingerprint density at radius 2 is 2.25 bits per heavy atom. The molecule has 28 heavy (non-hydrogen) atoms. The minimum atomic E-state index is -0.509. The van der Waals surface area contributed by atoms with Crippen molar-refractivity contribution in [3.63, 3.8) is 0 Å². The largest absolute Gasteiger partial charge is 0.397 e. The summed E-state index contributed by atoms with van der Waals surface area (Å²) in [6.45, 7) is 3.01. The Balaban J connectivity index is 1.48. The van der Waals surface area contributed by atoms with Crippen LogP contribution in [0.4, 0.5) is 11.4 Å². The van der Waals surface area contributed by atoms with E-state index in [9.17, 15) is 4.79 Å². The number of nitrogens with zero attached hydrogens (tertiary/aromatic N) is 4. The Morgan fingerprint density at radius 1 is 1.39 bits per heavy atom. The minimum absolute atomic E-state index is 0.377. The number of carbonyl (C=O) groups excluding carboxylic acids is 1. The van der Waals surface area contributed by atoms with E-state index in [4.69, 9.17) is 16.2 Å². The van der Waals surface area contributed by atoms with Crippen molar-refractivity contribution in [3.8, 4) is 0 Å². The van der Waals surface area contributed by atoms with Crippen LogP contribution in [-0.2, 0) is 18.4 Å². The maximum absolute atomic E-state index is 11.7. The maximum Gasteiger partial charge on any atom is 0.260 e. The average molecular weight is 401 g/mol. The van der Waals surface area contributed by atoms with Gasteiger partial charge in [0, 0.05) is 38.7 Å². The molecule has 1 atom stereocenters. The smallest absolute Gasteiger partial charge is 0.260 e. The molecule has 0 saturated carbocycles. The number of rotatable bonds is 6. The van der Waals surface area contributed by atoms with Gasteiger partial charge in [-0.1, -0.05) is 0 Å². The fourth-order valence-corrected chi connectivity index (χ4v) is 4.68. The molecule has 0 unspecified atom stereocenters. The van der Waals surface area contributed by atoms with Crippen LogP contribution in [0.15, 0.2) is 24.7 Å². The zero-order valence-electron chi connectivity index (χ0n) is 15.8. The van der Waals surface area contributed by atoms with Gasteiger partial charge in [0.25, 0.3) is 5.91 Å². The number of amides is 1. The zero-order chi connectivity index (χ0) is 19.7. The summed E-state index contributed by atoms with van der Waals surface area (Å²) in [5, 5.41) is 0.830. The number of pyridine rings is 1. The second-order valence-corrected chi connectivity index (χ2v) is 8.14. The van der Waals surface area contributed by atoms with E-state index in [0.717, 1.165) is 47.7 Å². The molecule has 1 amide bonds. The lowest BCUT2D eigenvalue weighted by molar-refractivity contribution is 0.0762. The van der Waals surface area contributed by atoms with Gasteiger partial charge in [0.2, 0.25) is 0 Å². The van der Waals surface area contributed by atoms with Crippen molar-refractivity contribution in [1.29, 1.82) is 0 Å². The van der Waals surface area contributed by atoms with Gasteiger partial charge >= 0.3 is 0 Å². The van der Waals surface area contributed by atoms with Crippen molar-refractivity contribution in [2.45, 2.75) is 19.4 Å². The number of aromatic nitrogens is 3. The number of hydrogen-bond donors (Lipinski definition) is 2. The molecule has 148 valence electrons. The summed E-state index contributed by atoms with van der Waals surface area (Å²) in [4.78, 5) is 23.8. The lowest BCUT2D eigenvalue weighted by atomic mass is 9.98. The molecule has 4 N–H and O–H groups in total. The molecule has 0 spiro atoms. The van der Waals surface area contributed by atoms with Gasteiger partial charge in [-0.3, -0.25) is 4.79 Å². The van der Waals surface area contributed by atoms with E-state index in [1.54, 1.807) is 12.4 Å². The molecule has 3 aromatic heterocycles.